The summed E-state index contributed by atoms with van der Waals surface area (Å²) >= 11 is 3.44. The van der Waals surface area contributed by atoms with Crippen LogP contribution in [0.25, 0.3) is 10.8 Å². The standard InChI is InChI=1S/C17H17Br/c1-13(7-8-14(2)18)11-15-9-10-16-5-3-4-6-17(16)12-15/h3-10,12H,11H2,1-2H3/b13-7+,14-8+. The van der Waals surface area contributed by atoms with Gasteiger partial charge in [0, 0.05) is 0 Å². The van der Waals surface area contributed by atoms with Gasteiger partial charge in [-0.1, -0.05) is 76.1 Å². The number of allylic oxidation sites excluding steroid dienone is 4. The summed E-state index contributed by atoms with van der Waals surface area (Å²) in [6.45, 7) is 4.21. The molecule has 92 valence electrons. The third kappa shape index (κ3) is 3.58. The first-order valence-corrected chi connectivity index (χ1v) is 6.92. The Balaban J connectivity index is 2.22. The summed E-state index contributed by atoms with van der Waals surface area (Å²) in [7, 11) is 0. The highest BCUT2D eigenvalue weighted by molar-refractivity contribution is 9.11. The summed E-state index contributed by atoms with van der Waals surface area (Å²) in [6.07, 6.45) is 5.26. The van der Waals surface area contributed by atoms with Gasteiger partial charge < -0.3 is 0 Å². The largest absolute Gasteiger partial charge is 0.0689 e. The molecule has 2 rings (SSSR count). The average molecular weight is 301 g/mol. The van der Waals surface area contributed by atoms with Crippen molar-refractivity contribution in [3.63, 3.8) is 0 Å². The van der Waals surface area contributed by atoms with Crippen molar-refractivity contribution in [3.8, 4) is 0 Å². The van der Waals surface area contributed by atoms with E-state index in [4.69, 9.17) is 0 Å². The molecule has 0 aliphatic carbocycles. The number of fused-ring (bicyclic) bond motifs is 1. The fourth-order valence-corrected chi connectivity index (χ4v) is 2.12. The fraction of sp³-hybridized carbons (Fsp3) is 0.176. The van der Waals surface area contributed by atoms with Crippen LogP contribution in [0.1, 0.15) is 19.4 Å². The molecule has 0 amide bonds. The van der Waals surface area contributed by atoms with Crippen molar-refractivity contribution in [2.45, 2.75) is 20.3 Å². The Labute approximate surface area is 117 Å². The Morgan fingerprint density at radius 2 is 1.72 bits per heavy atom. The van der Waals surface area contributed by atoms with Crippen LogP contribution in [0, 0.1) is 0 Å². The molecule has 2 aromatic carbocycles. The molecule has 0 radical (unpaired) electrons. The third-order valence-corrected chi connectivity index (χ3v) is 3.16. The molecule has 2 aromatic rings. The first kappa shape index (κ1) is 13.1. The van der Waals surface area contributed by atoms with Crippen LogP contribution in [0.5, 0.6) is 0 Å². The minimum atomic E-state index is 1.00. The molecule has 0 fully saturated rings. The Morgan fingerprint density at radius 1 is 1.00 bits per heavy atom. The molecule has 0 saturated carbocycles. The lowest BCUT2D eigenvalue weighted by molar-refractivity contribution is 1.15. The number of benzene rings is 2. The van der Waals surface area contributed by atoms with Gasteiger partial charge in [-0.2, -0.15) is 0 Å². The third-order valence-electron chi connectivity index (χ3n) is 2.89. The highest BCUT2D eigenvalue weighted by Crippen LogP contribution is 2.18. The van der Waals surface area contributed by atoms with E-state index in [1.807, 2.05) is 6.92 Å². The molecular formula is C17H17Br. The van der Waals surface area contributed by atoms with Gasteiger partial charge in [-0.25, -0.2) is 0 Å². The molecule has 0 saturated heterocycles. The van der Waals surface area contributed by atoms with Gasteiger partial charge >= 0.3 is 0 Å². The van der Waals surface area contributed by atoms with Gasteiger partial charge in [0.15, 0.2) is 0 Å². The van der Waals surface area contributed by atoms with Gasteiger partial charge in [-0.05, 0) is 41.1 Å². The van der Waals surface area contributed by atoms with Crippen LogP contribution in [0.3, 0.4) is 0 Å². The van der Waals surface area contributed by atoms with Gasteiger partial charge in [0.05, 0.1) is 0 Å². The van der Waals surface area contributed by atoms with Gasteiger partial charge in [-0.3, -0.25) is 0 Å². The fourth-order valence-electron chi connectivity index (χ4n) is 1.99. The van der Waals surface area contributed by atoms with Crippen LogP contribution >= 0.6 is 15.9 Å². The predicted octanol–water partition coefficient (Wildman–Crippen LogP) is 5.63. The molecule has 0 atom stereocenters. The summed E-state index contributed by atoms with van der Waals surface area (Å²) in [6, 6.07) is 15.2. The van der Waals surface area contributed by atoms with Gasteiger partial charge in [0.25, 0.3) is 0 Å². The topological polar surface area (TPSA) is 0 Å². The monoisotopic (exact) mass is 300 g/mol. The van der Waals surface area contributed by atoms with E-state index in [9.17, 15) is 0 Å². The maximum Gasteiger partial charge on any atom is -0.00665 e. The first-order chi connectivity index (χ1) is 8.65. The number of rotatable bonds is 3. The summed E-state index contributed by atoms with van der Waals surface area (Å²) in [5.41, 5.74) is 2.73. The van der Waals surface area contributed by atoms with Gasteiger partial charge in [0.2, 0.25) is 0 Å². The highest BCUT2D eigenvalue weighted by Gasteiger charge is 1.97. The van der Waals surface area contributed by atoms with Crippen LogP contribution < -0.4 is 0 Å². The van der Waals surface area contributed by atoms with Crippen molar-refractivity contribution < 1.29 is 0 Å². The molecule has 0 bridgehead atoms. The van der Waals surface area contributed by atoms with Crippen LogP contribution in [0.15, 0.2) is 64.7 Å². The predicted molar refractivity (Wildman–Crippen MR) is 84.1 cm³/mol. The summed E-state index contributed by atoms with van der Waals surface area (Å²) in [5.74, 6) is 0. The Hall–Kier alpha value is -1.34. The van der Waals surface area contributed by atoms with Crippen LogP contribution in [0.4, 0.5) is 0 Å². The molecule has 1 heteroatoms. The maximum absolute atomic E-state index is 3.44. The molecule has 0 heterocycles. The van der Waals surface area contributed by atoms with Crippen LogP contribution in [0.2, 0.25) is 0 Å². The van der Waals surface area contributed by atoms with Crippen LogP contribution in [-0.2, 0) is 6.42 Å². The van der Waals surface area contributed by atoms with Gasteiger partial charge in [0.1, 0.15) is 0 Å². The Kier molecular flexibility index (Phi) is 4.38. The van der Waals surface area contributed by atoms with Crippen molar-refractivity contribution in [2.75, 3.05) is 0 Å². The number of halogens is 1. The second kappa shape index (κ2) is 6.01. The molecular weight excluding hydrogens is 284 g/mol. The molecule has 0 spiro atoms. The van der Waals surface area contributed by atoms with Crippen molar-refractivity contribution in [1.82, 2.24) is 0 Å². The lowest BCUT2D eigenvalue weighted by atomic mass is 10.0. The average Bonchev–Trinajstić information content (AvgIpc) is 2.36. The van der Waals surface area contributed by atoms with E-state index in [0.29, 0.717) is 0 Å². The van der Waals surface area contributed by atoms with E-state index in [1.54, 1.807) is 0 Å². The highest BCUT2D eigenvalue weighted by atomic mass is 79.9. The second-order valence-corrected chi connectivity index (χ2v) is 5.88. The van der Waals surface area contributed by atoms with E-state index in [-0.39, 0.29) is 0 Å². The zero-order chi connectivity index (χ0) is 13.0. The van der Waals surface area contributed by atoms with E-state index in [0.717, 1.165) is 10.9 Å². The Morgan fingerprint density at radius 3 is 2.44 bits per heavy atom. The van der Waals surface area contributed by atoms with Crippen molar-refractivity contribution in [2.24, 2.45) is 0 Å². The van der Waals surface area contributed by atoms with E-state index in [2.05, 4.69) is 77.5 Å². The minimum Gasteiger partial charge on any atom is -0.0689 e. The molecule has 18 heavy (non-hydrogen) atoms. The van der Waals surface area contributed by atoms with E-state index in [1.165, 1.54) is 21.9 Å². The number of hydrogen-bond donors (Lipinski definition) is 0. The summed E-state index contributed by atoms with van der Waals surface area (Å²) < 4.78 is 1.15. The molecule has 0 unspecified atom stereocenters. The zero-order valence-corrected chi connectivity index (χ0v) is 12.4. The van der Waals surface area contributed by atoms with Gasteiger partial charge in [-0.15, -0.1) is 0 Å². The second-order valence-electron chi connectivity index (χ2n) is 4.62. The minimum absolute atomic E-state index is 1.00. The lowest BCUT2D eigenvalue weighted by Crippen LogP contribution is -1.86. The molecule has 0 N–H and O–H groups in total. The maximum atomic E-state index is 3.44. The number of hydrogen-bond acceptors (Lipinski definition) is 0. The zero-order valence-electron chi connectivity index (χ0n) is 10.8. The van der Waals surface area contributed by atoms with E-state index >= 15 is 0 Å². The van der Waals surface area contributed by atoms with Crippen molar-refractivity contribution in [3.05, 3.63) is 70.2 Å². The first-order valence-electron chi connectivity index (χ1n) is 6.12. The summed E-state index contributed by atoms with van der Waals surface area (Å²) in [5, 5.41) is 2.62. The smallest absolute Gasteiger partial charge is 0.00665 e. The SMILES string of the molecule is C/C(Br)=C\C=C(/C)Cc1ccc2ccccc2c1. The molecule has 0 nitrogen and oxygen atoms in total. The molecule has 0 aliphatic rings. The van der Waals surface area contributed by atoms with Crippen LogP contribution in [-0.4, -0.2) is 0 Å². The summed E-state index contributed by atoms with van der Waals surface area (Å²) in [4.78, 5) is 0. The molecule has 0 aliphatic heterocycles. The van der Waals surface area contributed by atoms with E-state index < -0.39 is 0 Å². The molecule has 0 aromatic heterocycles. The normalized spacial score (nSPS) is 13.1. The quantitative estimate of drug-likeness (QED) is 0.645. The van der Waals surface area contributed by atoms with Crippen molar-refractivity contribution in [1.29, 1.82) is 0 Å². The lowest BCUT2D eigenvalue weighted by Gasteiger charge is -2.04. The Bertz CT molecular complexity index is 602. The van der Waals surface area contributed by atoms with Crippen molar-refractivity contribution >= 4 is 26.7 Å².